The van der Waals surface area contributed by atoms with E-state index in [1.165, 1.54) is 6.20 Å². The Morgan fingerprint density at radius 3 is 2.43 bits per heavy atom. The van der Waals surface area contributed by atoms with Gasteiger partial charge in [-0.3, -0.25) is 4.79 Å². The molecule has 0 atom stereocenters. The molecule has 0 amide bonds. The number of aromatic amines is 1. The van der Waals surface area contributed by atoms with Crippen LogP contribution in [0.15, 0.2) is 46.3 Å². The predicted molar refractivity (Wildman–Crippen MR) is 72.3 cm³/mol. The van der Waals surface area contributed by atoms with Crippen molar-refractivity contribution in [3.05, 3.63) is 64.1 Å². The van der Waals surface area contributed by atoms with Crippen molar-refractivity contribution in [2.45, 2.75) is 11.3 Å². The molecule has 0 unspecified atom stereocenters. The summed E-state index contributed by atoms with van der Waals surface area (Å²) in [5.74, 6) is -1.46. The Kier molecular flexibility index (Phi) is 4.49. The van der Waals surface area contributed by atoms with Crippen LogP contribution in [0.25, 0.3) is 0 Å². The number of sulfonamides is 1. The van der Waals surface area contributed by atoms with Gasteiger partial charge >= 0.3 is 0 Å². The van der Waals surface area contributed by atoms with Gasteiger partial charge in [0.2, 0.25) is 15.5 Å². The number of benzene rings is 1. The molecule has 0 saturated carbocycles. The van der Waals surface area contributed by atoms with Crippen molar-refractivity contribution < 1.29 is 17.2 Å². The molecule has 5 nitrogen and oxygen atoms in total. The first-order chi connectivity index (χ1) is 9.88. The SMILES string of the molecule is O=c1cc[nH]cc1S(=O)(=O)NCCc1cc(F)cc(F)c1. The van der Waals surface area contributed by atoms with E-state index in [-0.39, 0.29) is 13.0 Å². The molecule has 1 aromatic heterocycles. The molecule has 0 bridgehead atoms. The number of nitrogens with one attached hydrogen (secondary N) is 2. The number of aromatic nitrogens is 1. The number of H-pyrrole nitrogens is 1. The van der Waals surface area contributed by atoms with Crippen LogP contribution in [-0.4, -0.2) is 19.9 Å². The number of rotatable bonds is 5. The van der Waals surface area contributed by atoms with Gasteiger partial charge < -0.3 is 4.98 Å². The van der Waals surface area contributed by atoms with Crippen molar-refractivity contribution in [3.63, 3.8) is 0 Å². The normalized spacial score (nSPS) is 11.5. The molecule has 0 aliphatic heterocycles. The van der Waals surface area contributed by atoms with Crippen molar-refractivity contribution >= 4 is 10.0 Å². The van der Waals surface area contributed by atoms with Crippen molar-refractivity contribution in [1.29, 1.82) is 0 Å². The Morgan fingerprint density at radius 2 is 1.81 bits per heavy atom. The van der Waals surface area contributed by atoms with Gasteiger partial charge in [0.05, 0.1) is 0 Å². The molecule has 0 radical (unpaired) electrons. The fourth-order valence-corrected chi connectivity index (χ4v) is 2.86. The monoisotopic (exact) mass is 314 g/mol. The topological polar surface area (TPSA) is 79.0 Å². The van der Waals surface area contributed by atoms with Crippen LogP contribution in [0.3, 0.4) is 0 Å². The minimum absolute atomic E-state index is 0.0838. The Morgan fingerprint density at radius 1 is 1.14 bits per heavy atom. The fourth-order valence-electron chi connectivity index (χ4n) is 1.77. The Labute approximate surface area is 119 Å². The molecular formula is C13H12F2N2O3S. The molecule has 2 aromatic rings. The van der Waals surface area contributed by atoms with E-state index in [0.717, 1.165) is 30.5 Å². The maximum atomic E-state index is 13.0. The lowest BCUT2D eigenvalue weighted by molar-refractivity contribution is 0.576. The van der Waals surface area contributed by atoms with Crippen LogP contribution in [-0.2, 0) is 16.4 Å². The van der Waals surface area contributed by atoms with Gasteiger partial charge in [0, 0.05) is 31.1 Å². The Bertz CT molecular complexity index is 783. The molecule has 1 heterocycles. The quantitative estimate of drug-likeness (QED) is 0.869. The minimum Gasteiger partial charge on any atom is -0.366 e. The number of hydrogen-bond acceptors (Lipinski definition) is 3. The molecule has 112 valence electrons. The van der Waals surface area contributed by atoms with Crippen molar-refractivity contribution in [2.75, 3.05) is 6.54 Å². The van der Waals surface area contributed by atoms with Gasteiger partial charge in [0.15, 0.2) is 0 Å². The van der Waals surface area contributed by atoms with E-state index in [4.69, 9.17) is 0 Å². The molecule has 0 aliphatic carbocycles. The van der Waals surface area contributed by atoms with Gasteiger partial charge in [-0.25, -0.2) is 21.9 Å². The van der Waals surface area contributed by atoms with E-state index >= 15 is 0 Å². The maximum absolute atomic E-state index is 13.0. The summed E-state index contributed by atoms with van der Waals surface area (Å²) < 4.78 is 52.0. The fraction of sp³-hybridized carbons (Fsp3) is 0.154. The van der Waals surface area contributed by atoms with Gasteiger partial charge in [0.1, 0.15) is 16.5 Å². The van der Waals surface area contributed by atoms with Crippen LogP contribution >= 0.6 is 0 Å². The second-order valence-electron chi connectivity index (χ2n) is 4.30. The molecule has 1 aromatic carbocycles. The number of halogens is 2. The summed E-state index contributed by atoms with van der Waals surface area (Å²) in [5, 5.41) is 0. The van der Waals surface area contributed by atoms with E-state index < -0.39 is 32.0 Å². The molecule has 2 rings (SSSR count). The summed E-state index contributed by atoms with van der Waals surface area (Å²) >= 11 is 0. The van der Waals surface area contributed by atoms with Gasteiger partial charge in [-0.2, -0.15) is 0 Å². The number of pyridine rings is 1. The Hall–Kier alpha value is -2.06. The van der Waals surface area contributed by atoms with Crippen LogP contribution in [0.4, 0.5) is 8.78 Å². The van der Waals surface area contributed by atoms with E-state index in [1.54, 1.807) is 0 Å². The van der Waals surface area contributed by atoms with Crippen LogP contribution in [0, 0.1) is 11.6 Å². The summed E-state index contributed by atoms with van der Waals surface area (Å²) in [6, 6.07) is 4.06. The van der Waals surface area contributed by atoms with Gasteiger partial charge in [0.25, 0.3) is 0 Å². The lowest BCUT2D eigenvalue weighted by atomic mass is 10.1. The van der Waals surface area contributed by atoms with Crippen LogP contribution in [0.2, 0.25) is 0 Å². The van der Waals surface area contributed by atoms with Crippen LogP contribution < -0.4 is 10.2 Å². The standard InChI is InChI=1S/C13H12F2N2O3S/c14-10-5-9(6-11(15)7-10)1-4-17-21(19,20)13-8-16-3-2-12(13)18/h2-3,5-8,17H,1,4H2,(H,16,18). The number of hydrogen-bond donors (Lipinski definition) is 2. The third-order valence-electron chi connectivity index (χ3n) is 2.71. The highest BCUT2D eigenvalue weighted by Crippen LogP contribution is 2.08. The average Bonchev–Trinajstić information content (AvgIpc) is 2.37. The molecule has 0 saturated heterocycles. The molecule has 2 N–H and O–H groups in total. The maximum Gasteiger partial charge on any atom is 0.245 e. The average molecular weight is 314 g/mol. The van der Waals surface area contributed by atoms with Gasteiger partial charge in [-0.05, 0) is 24.1 Å². The van der Waals surface area contributed by atoms with Crippen LogP contribution in [0.5, 0.6) is 0 Å². The zero-order valence-electron chi connectivity index (χ0n) is 10.8. The van der Waals surface area contributed by atoms with Gasteiger partial charge in [-0.15, -0.1) is 0 Å². The zero-order valence-corrected chi connectivity index (χ0v) is 11.6. The second kappa shape index (κ2) is 6.15. The van der Waals surface area contributed by atoms with E-state index in [1.807, 2.05) is 0 Å². The van der Waals surface area contributed by atoms with E-state index in [9.17, 15) is 22.0 Å². The lowest BCUT2D eigenvalue weighted by Gasteiger charge is -2.06. The minimum atomic E-state index is -3.96. The highest BCUT2D eigenvalue weighted by atomic mass is 32.2. The summed E-state index contributed by atoms with van der Waals surface area (Å²) in [6.07, 6.45) is 2.49. The van der Waals surface area contributed by atoms with E-state index in [2.05, 4.69) is 9.71 Å². The molecule has 0 fully saturated rings. The van der Waals surface area contributed by atoms with Crippen LogP contribution in [0.1, 0.15) is 5.56 Å². The largest absolute Gasteiger partial charge is 0.366 e. The molecule has 8 heteroatoms. The van der Waals surface area contributed by atoms with Crippen molar-refractivity contribution in [2.24, 2.45) is 0 Å². The highest BCUT2D eigenvalue weighted by Gasteiger charge is 2.16. The summed E-state index contributed by atoms with van der Waals surface area (Å²) in [6.45, 7) is -0.0838. The smallest absolute Gasteiger partial charge is 0.245 e. The summed E-state index contributed by atoms with van der Waals surface area (Å²) in [5.41, 5.74) is -0.324. The third-order valence-corrected chi connectivity index (χ3v) is 4.19. The lowest BCUT2D eigenvalue weighted by Crippen LogP contribution is -2.30. The molecule has 21 heavy (non-hydrogen) atoms. The summed E-state index contributed by atoms with van der Waals surface area (Å²) in [4.78, 5) is 13.6. The Balaban J connectivity index is 2.06. The second-order valence-corrected chi connectivity index (χ2v) is 6.03. The zero-order chi connectivity index (χ0) is 15.5. The third kappa shape index (κ3) is 3.96. The van der Waals surface area contributed by atoms with Crippen molar-refractivity contribution in [3.8, 4) is 0 Å². The first-order valence-corrected chi connectivity index (χ1v) is 7.48. The first kappa shape index (κ1) is 15.3. The van der Waals surface area contributed by atoms with Crippen molar-refractivity contribution in [1.82, 2.24) is 9.71 Å². The van der Waals surface area contributed by atoms with E-state index in [0.29, 0.717) is 5.56 Å². The predicted octanol–water partition coefficient (Wildman–Crippen LogP) is 1.17. The highest BCUT2D eigenvalue weighted by molar-refractivity contribution is 7.89. The van der Waals surface area contributed by atoms with Gasteiger partial charge in [-0.1, -0.05) is 0 Å². The molecule has 0 aliphatic rings. The molecular weight excluding hydrogens is 302 g/mol. The summed E-state index contributed by atoms with van der Waals surface area (Å²) in [7, 11) is -3.96. The molecule has 0 spiro atoms. The first-order valence-electron chi connectivity index (χ1n) is 6.00.